The number of nitrogens with one attached hydrogen (secondary N) is 1. The number of piperazine rings is 1. The Hall–Kier alpha value is -2.91. The average molecular weight is 485 g/mol. The number of urea groups is 1. The van der Waals surface area contributed by atoms with Crippen molar-refractivity contribution in [2.24, 2.45) is 5.92 Å². The highest BCUT2D eigenvalue weighted by Gasteiger charge is 2.34. The normalized spacial score (nSPS) is 18.0. The Morgan fingerprint density at radius 3 is 2.18 bits per heavy atom. The standard InChI is InChI=1S/C25H32N4O4S/c1-20-6-5-9-23(18-20)26-25(31)28-16-14-27(15-17-28)24(30)22-10-12-29(13-11-22)34(32,33)19-21-7-3-2-4-8-21/h2-9,18,22H,10-17,19H2,1H3,(H,26,31). The number of anilines is 1. The lowest BCUT2D eigenvalue weighted by Gasteiger charge is -2.38. The maximum atomic E-state index is 13.0. The summed E-state index contributed by atoms with van der Waals surface area (Å²) in [5.41, 5.74) is 2.61. The van der Waals surface area contributed by atoms with Crippen LogP contribution in [0.25, 0.3) is 0 Å². The fourth-order valence-corrected chi connectivity index (χ4v) is 6.13. The predicted molar refractivity (Wildman–Crippen MR) is 132 cm³/mol. The number of aryl methyl sites for hydroxylation is 1. The molecule has 0 atom stereocenters. The zero-order valence-corrected chi connectivity index (χ0v) is 20.3. The summed E-state index contributed by atoms with van der Waals surface area (Å²) in [6.45, 7) is 4.65. The highest BCUT2D eigenvalue weighted by Crippen LogP contribution is 2.24. The molecule has 2 aromatic carbocycles. The first kappa shape index (κ1) is 24.2. The highest BCUT2D eigenvalue weighted by molar-refractivity contribution is 7.88. The van der Waals surface area contributed by atoms with Gasteiger partial charge in [0.1, 0.15) is 0 Å². The Labute approximate surface area is 201 Å². The average Bonchev–Trinajstić information content (AvgIpc) is 2.84. The highest BCUT2D eigenvalue weighted by atomic mass is 32.2. The second-order valence-corrected chi connectivity index (χ2v) is 11.0. The van der Waals surface area contributed by atoms with Gasteiger partial charge in [0.05, 0.1) is 5.75 Å². The molecule has 182 valence electrons. The van der Waals surface area contributed by atoms with Crippen LogP contribution in [-0.2, 0) is 20.6 Å². The van der Waals surface area contributed by atoms with Gasteiger partial charge in [-0.3, -0.25) is 4.79 Å². The maximum absolute atomic E-state index is 13.0. The minimum Gasteiger partial charge on any atom is -0.339 e. The van der Waals surface area contributed by atoms with Crippen LogP contribution in [0.5, 0.6) is 0 Å². The summed E-state index contributed by atoms with van der Waals surface area (Å²) in [5, 5.41) is 2.92. The largest absolute Gasteiger partial charge is 0.339 e. The van der Waals surface area contributed by atoms with Gasteiger partial charge in [0.15, 0.2) is 0 Å². The summed E-state index contributed by atoms with van der Waals surface area (Å²) < 4.78 is 27.1. The van der Waals surface area contributed by atoms with Gasteiger partial charge in [0.2, 0.25) is 15.9 Å². The lowest BCUT2D eigenvalue weighted by molar-refractivity contribution is -0.138. The molecule has 2 fully saturated rings. The summed E-state index contributed by atoms with van der Waals surface area (Å²) >= 11 is 0. The number of hydrogen-bond donors (Lipinski definition) is 1. The molecule has 1 N–H and O–H groups in total. The summed E-state index contributed by atoms with van der Waals surface area (Å²) in [6, 6.07) is 16.7. The SMILES string of the molecule is Cc1cccc(NC(=O)N2CCN(C(=O)C3CCN(S(=O)(=O)Cc4ccccc4)CC3)CC2)c1. The Morgan fingerprint density at radius 1 is 0.882 bits per heavy atom. The summed E-state index contributed by atoms with van der Waals surface area (Å²) in [6.07, 6.45) is 1.06. The second kappa shape index (κ2) is 10.6. The number of benzene rings is 2. The van der Waals surface area contributed by atoms with Crippen LogP contribution in [0.2, 0.25) is 0 Å². The van der Waals surface area contributed by atoms with Crippen molar-refractivity contribution in [2.45, 2.75) is 25.5 Å². The van der Waals surface area contributed by atoms with Gasteiger partial charge in [0.25, 0.3) is 0 Å². The van der Waals surface area contributed by atoms with Gasteiger partial charge in [-0.25, -0.2) is 17.5 Å². The minimum absolute atomic E-state index is 0.0149. The Kier molecular flexibility index (Phi) is 7.53. The number of amides is 3. The van der Waals surface area contributed by atoms with Crippen molar-refractivity contribution in [3.8, 4) is 0 Å². The third kappa shape index (κ3) is 5.95. The molecule has 0 aliphatic carbocycles. The molecule has 3 amide bonds. The summed E-state index contributed by atoms with van der Waals surface area (Å²) in [7, 11) is -3.40. The number of sulfonamides is 1. The number of nitrogens with zero attached hydrogens (tertiary/aromatic N) is 3. The molecule has 0 saturated carbocycles. The molecule has 0 radical (unpaired) electrons. The Balaban J connectivity index is 1.24. The van der Waals surface area contributed by atoms with Crippen molar-refractivity contribution in [3.63, 3.8) is 0 Å². The lowest BCUT2D eigenvalue weighted by atomic mass is 9.96. The van der Waals surface area contributed by atoms with Crippen molar-refractivity contribution in [1.82, 2.24) is 14.1 Å². The molecule has 2 saturated heterocycles. The van der Waals surface area contributed by atoms with Gasteiger partial charge < -0.3 is 15.1 Å². The molecule has 8 nitrogen and oxygen atoms in total. The molecule has 34 heavy (non-hydrogen) atoms. The molecule has 0 unspecified atom stereocenters. The molecule has 9 heteroatoms. The van der Waals surface area contributed by atoms with Crippen molar-refractivity contribution < 1.29 is 18.0 Å². The van der Waals surface area contributed by atoms with Gasteiger partial charge in [-0.05, 0) is 43.0 Å². The van der Waals surface area contributed by atoms with E-state index >= 15 is 0 Å². The smallest absolute Gasteiger partial charge is 0.321 e. The van der Waals surface area contributed by atoms with Crippen LogP contribution < -0.4 is 5.32 Å². The van der Waals surface area contributed by atoms with E-state index < -0.39 is 10.0 Å². The first-order chi connectivity index (χ1) is 16.3. The van der Waals surface area contributed by atoms with E-state index in [0.717, 1.165) is 16.8 Å². The van der Waals surface area contributed by atoms with E-state index in [4.69, 9.17) is 0 Å². The predicted octanol–water partition coefficient (Wildman–Crippen LogP) is 2.91. The molecule has 2 heterocycles. The monoisotopic (exact) mass is 484 g/mol. The van der Waals surface area contributed by atoms with E-state index in [-0.39, 0.29) is 23.6 Å². The van der Waals surface area contributed by atoms with Crippen LogP contribution in [0.15, 0.2) is 54.6 Å². The van der Waals surface area contributed by atoms with E-state index in [1.54, 1.807) is 4.90 Å². The fourth-order valence-electron chi connectivity index (χ4n) is 4.57. The maximum Gasteiger partial charge on any atom is 0.321 e. The van der Waals surface area contributed by atoms with Gasteiger partial charge in [-0.2, -0.15) is 0 Å². The van der Waals surface area contributed by atoms with Crippen LogP contribution in [0.4, 0.5) is 10.5 Å². The van der Waals surface area contributed by atoms with Crippen LogP contribution in [0, 0.1) is 12.8 Å². The van der Waals surface area contributed by atoms with E-state index in [2.05, 4.69) is 5.32 Å². The first-order valence-corrected chi connectivity index (χ1v) is 13.4. The van der Waals surface area contributed by atoms with E-state index in [1.165, 1.54) is 4.31 Å². The number of rotatable bonds is 5. The lowest BCUT2D eigenvalue weighted by Crippen LogP contribution is -2.54. The van der Waals surface area contributed by atoms with Crippen LogP contribution >= 0.6 is 0 Å². The Morgan fingerprint density at radius 2 is 1.53 bits per heavy atom. The molecule has 0 spiro atoms. The van der Waals surface area contributed by atoms with Crippen LogP contribution in [0.3, 0.4) is 0 Å². The van der Waals surface area contributed by atoms with E-state index in [0.29, 0.717) is 52.1 Å². The van der Waals surface area contributed by atoms with Gasteiger partial charge >= 0.3 is 6.03 Å². The van der Waals surface area contributed by atoms with Crippen LogP contribution in [-0.4, -0.2) is 73.7 Å². The second-order valence-electron chi connectivity index (χ2n) is 9.03. The van der Waals surface area contributed by atoms with Gasteiger partial charge in [0, 0.05) is 50.9 Å². The zero-order valence-electron chi connectivity index (χ0n) is 19.5. The van der Waals surface area contributed by atoms with Crippen molar-refractivity contribution in [1.29, 1.82) is 0 Å². The third-order valence-electron chi connectivity index (χ3n) is 6.54. The quantitative estimate of drug-likeness (QED) is 0.707. The molecule has 0 aromatic heterocycles. The van der Waals surface area contributed by atoms with E-state index in [9.17, 15) is 18.0 Å². The van der Waals surface area contributed by atoms with Gasteiger partial charge in [-0.1, -0.05) is 42.5 Å². The van der Waals surface area contributed by atoms with Crippen LogP contribution in [0.1, 0.15) is 24.0 Å². The zero-order chi connectivity index (χ0) is 24.1. The molecule has 0 bridgehead atoms. The molecule has 2 aromatic rings. The topological polar surface area (TPSA) is 90.0 Å². The van der Waals surface area contributed by atoms with Crippen molar-refractivity contribution >= 4 is 27.6 Å². The number of piperidine rings is 1. The molecular formula is C25H32N4O4S. The minimum atomic E-state index is -3.40. The summed E-state index contributed by atoms with van der Waals surface area (Å²) in [4.78, 5) is 29.2. The Bertz CT molecular complexity index is 1110. The molecule has 2 aliphatic rings. The molecule has 4 rings (SSSR count). The first-order valence-electron chi connectivity index (χ1n) is 11.7. The number of carbonyl (C=O) groups excluding carboxylic acids is 2. The molecular weight excluding hydrogens is 452 g/mol. The fraction of sp³-hybridized carbons (Fsp3) is 0.440. The van der Waals surface area contributed by atoms with Gasteiger partial charge in [-0.15, -0.1) is 0 Å². The number of carbonyl (C=O) groups is 2. The van der Waals surface area contributed by atoms with E-state index in [1.807, 2.05) is 66.4 Å². The third-order valence-corrected chi connectivity index (χ3v) is 8.39. The summed E-state index contributed by atoms with van der Waals surface area (Å²) in [5.74, 6) is -0.117. The van der Waals surface area contributed by atoms with Crippen molar-refractivity contribution in [2.75, 3.05) is 44.6 Å². The van der Waals surface area contributed by atoms with Crippen molar-refractivity contribution in [3.05, 3.63) is 65.7 Å². The molecule has 2 aliphatic heterocycles. The number of hydrogen-bond acceptors (Lipinski definition) is 4.